The second-order valence-electron chi connectivity index (χ2n) is 4.25. The average molecular weight is 280 g/mol. The third-order valence-electron chi connectivity index (χ3n) is 2.78. The van der Waals surface area contributed by atoms with Crippen molar-refractivity contribution in [1.82, 2.24) is 5.16 Å². The molecule has 1 heterocycles. The highest BCUT2D eigenvalue weighted by molar-refractivity contribution is 6.03. The Morgan fingerprint density at radius 2 is 1.76 bits per heavy atom. The molecule has 5 heteroatoms. The number of aromatic nitrogens is 1. The van der Waals surface area contributed by atoms with Gasteiger partial charge in [0.05, 0.1) is 5.69 Å². The zero-order valence-electron chi connectivity index (χ0n) is 11.0. The van der Waals surface area contributed by atoms with Gasteiger partial charge >= 0.3 is 0 Å². The fourth-order valence-electron chi connectivity index (χ4n) is 1.79. The van der Waals surface area contributed by atoms with Crippen molar-refractivity contribution in [2.75, 3.05) is 5.32 Å². The predicted molar refractivity (Wildman–Crippen MR) is 77.4 cm³/mol. The SMILES string of the molecule is O=C(Nc1ccccc1Oc1ccccc1)c1ccon1. The average Bonchev–Trinajstić information content (AvgIpc) is 3.05. The summed E-state index contributed by atoms with van der Waals surface area (Å²) in [6, 6.07) is 18.0. The van der Waals surface area contributed by atoms with Crippen LogP contribution in [-0.4, -0.2) is 11.1 Å². The van der Waals surface area contributed by atoms with Gasteiger partial charge in [0.2, 0.25) is 0 Å². The van der Waals surface area contributed by atoms with Gasteiger partial charge in [-0.2, -0.15) is 0 Å². The minimum absolute atomic E-state index is 0.213. The van der Waals surface area contributed by atoms with Gasteiger partial charge in [0, 0.05) is 6.07 Å². The monoisotopic (exact) mass is 280 g/mol. The lowest BCUT2D eigenvalue weighted by Crippen LogP contribution is -2.12. The molecule has 1 aromatic heterocycles. The van der Waals surface area contributed by atoms with Gasteiger partial charge < -0.3 is 14.6 Å². The van der Waals surface area contributed by atoms with Crippen LogP contribution >= 0.6 is 0 Å². The molecule has 0 radical (unpaired) electrons. The van der Waals surface area contributed by atoms with Crippen molar-refractivity contribution in [3.8, 4) is 11.5 Å². The lowest BCUT2D eigenvalue weighted by atomic mass is 10.2. The molecule has 3 aromatic rings. The van der Waals surface area contributed by atoms with E-state index in [0.717, 1.165) is 0 Å². The molecule has 0 spiro atoms. The predicted octanol–water partition coefficient (Wildman–Crippen LogP) is 3.72. The molecule has 0 aliphatic carbocycles. The fourth-order valence-corrected chi connectivity index (χ4v) is 1.79. The van der Waals surface area contributed by atoms with Crippen LogP contribution in [0.15, 0.2) is 71.4 Å². The summed E-state index contributed by atoms with van der Waals surface area (Å²) in [4.78, 5) is 12.0. The standard InChI is InChI=1S/C16H12N2O3/c19-16(14-10-11-20-18-14)17-13-8-4-5-9-15(13)21-12-6-2-1-3-7-12/h1-11H,(H,17,19). The van der Waals surface area contributed by atoms with E-state index in [2.05, 4.69) is 15.0 Å². The summed E-state index contributed by atoms with van der Waals surface area (Å²) in [5, 5.41) is 6.34. The molecule has 1 amide bonds. The van der Waals surface area contributed by atoms with Crippen LogP contribution in [0.1, 0.15) is 10.5 Å². The number of ether oxygens (including phenoxy) is 1. The molecule has 21 heavy (non-hydrogen) atoms. The maximum atomic E-state index is 12.0. The Morgan fingerprint density at radius 1 is 1.00 bits per heavy atom. The number of hydrogen-bond acceptors (Lipinski definition) is 4. The van der Waals surface area contributed by atoms with E-state index in [9.17, 15) is 4.79 Å². The molecular formula is C16H12N2O3. The van der Waals surface area contributed by atoms with E-state index in [1.54, 1.807) is 12.1 Å². The van der Waals surface area contributed by atoms with Crippen LogP contribution in [0.5, 0.6) is 11.5 Å². The van der Waals surface area contributed by atoms with Crippen molar-refractivity contribution in [2.24, 2.45) is 0 Å². The maximum absolute atomic E-state index is 12.0. The highest BCUT2D eigenvalue weighted by Crippen LogP contribution is 2.29. The minimum Gasteiger partial charge on any atom is -0.455 e. The third kappa shape index (κ3) is 3.09. The van der Waals surface area contributed by atoms with Crippen molar-refractivity contribution in [3.63, 3.8) is 0 Å². The highest BCUT2D eigenvalue weighted by atomic mass is 16.5. The summed E-state index contributed by atoms with van der Waals surface area (Å²) in [6.07, 6.45) is 1.35. The number of nitrogens with one attached hydrogen (secondary N) is 1. The molecule has 0 aliphatic rings. The lowest BCUT2D eigenvalue weighted by molar-refractivity contribution is 0.101. The summed E-state index contributed by atoms with van der Waals surface area (Å²) in [6.45, 7) is 0. The van der Waals surface area contributed by atoms with Gasteiger partial charge in [0.1, 0.15) is 12.0 Å². The van der Waals surface area contributed by atoms with Crippen LogP contribution in [0.4, 0.5) is 5.69 Å². The van der Waals surface area contributed by atoms with E-state index in [1.165, 1.54) is 12.3 Å². The summed E-state index contributed by atoms with van der Waals surface area (Å²) in [5.41, 5.74) is 0.777. The number of para-hydroxylation sites is 3. The zero-order chi connectivity index (χ0) is 14.5. The number of rotatable bonds is 4. The molecule has 0 saturated heterocycles. The van der Waals surface area contributed by atoms with Crippen molar-refractivity contribution < 1.29 is 14.1 Å². The third-order valence-corrected chi connectivity index (χ3v) is 2.78. The summed E-state index contributed by atoms with van der Waals surface area (Å²) in [5.74, 6) is 0.897. The van der Waals surface area contributed by atoms with Gasteiger partial charge in [0.25, 0.3) is 5.91 Å². The molecule has 0 unspecified atom stereocenters. The zero-order valence-corrected chi connectivity index (χ0v) is 11.0. The van der Waals surface area contributed by atoms with Crippen molar-refractivity contribution in [2.45, 2.75) is 0 Å². The molecule has 1 N–H and O–H groups in total. The Hall–Kier alpha value is -3.08. The molecule has 3 rings (SSSR count). The van der Waals surface area contributed by atoms with Gasteiger partial charge in [-0.05, 0) is 24.3 Å². The summed E-state index contributed by atoms with van der Waals surface area (Å²) < 4.78 is 10.4. The molecule has 2 aromatic carbocycles. The number of carbonyl (C=O) groups is 1. The van der Waals surface area contributed by atoms with Crippen LogP contribution in [0.25, 0.3) is 0 Å². The minimum atomic E-state index is -0.354. The Labute approximate surface area is 121 Å². The Kier molecular flexibility index (Phi) is 3.64. The Balaban J connectivity index is 1.81. The number of amides is 1. The van der Waals surface area contributed by atoms with Crippen molar-refractivity contribution in [3.05, 3.63) is 72.6 Å². The van der Waals surface area contributed by atoms with Crippen LogP contribution < -0.4 is 10.1 Å². The van der Waals surface area contributed by atoms with E-state index in [4.69, 9.17) is 4.74 Å². The second kappa shape index (κ2) is 5.92. The van der Waals surface area contributed by atoms with Crippen molar-refractivity contribution >= 4 is 11.6 Å². The van der Waals surface area contributed by atoms with E-state index in [0.29, 0.717) is 17.2 Å². The number of nitrogens with zero attached hydrogens (tertiary/aromatic N) is 1. The van der Waals surface area contributed by atoms with Gasteiger partial charge in [-0.15, -0.1) is 0 Å². The van der Waals surface area contributed by atoms with Crippen LogP contribution in [0, 0.1) is 0 Å². The molecular weight excluding hydrogens is 268 g/mol. The molecule has 0 bridgehead atoms. The first kappa shape index (κ1) is 12.9. The summed E-state index contributed by atoms with van der Waals surface area (Å²) in [7, 11) is 0. The van der Waals surface area contributed by atoms with Crippen LogP contribution in [0.2, 0.25) is 0 Å². The van der Waals surface area contributed by atoms with Gasteiger partial charge in [-0.1, -0.05) is 35.5 Å². The van der Waals surface area contributed by atoms with Crippen LogP contribution in [-0.2, 0) is 0 Å². The number of benzene rings is 2. The van der Waals surface area contributed by atoms with Gasteiger partial charge in [-0.3, -0.25) is 4.79 Å². The lowest BCUT2D eigenvalue weighted by Gasteiger charge is -2.11. The largest absolute Gasteiger partial charge is 0.455 e. The molecule has 0 saturated carbocycles. The van der Waals surface area contributed by atoms with E-state index in [1.807, 2.05) is 42.5 Å². The van der Waals surface area contributed by atoms with Crippen molar-refractivity contribution in [1.29, 1.82) is 0 Å². The molecule has 0 aliphatic heterocycles. The number of carbonyl (C=O) groups excluding carboxylic acids is 1. The smallest absolute Gasteiger partial charge is 0.277 e. The molecule has 0 fully saturated rings. The second-order valence-corrected chi connectivity index (χ2v) is 4.25. The van der Waals surface area contributed by atoms with E-state index < -0.39 is 0 Å². The topological polar surface area (TPSA) is 64.4 Å². The highest BCUT2D eigenvalue weighted by Gasteiger charge is 2.12. The fraction of sp³-hybridized carbons (Fsp3) is 0. The maximum Gasteiger partial charge on any atom is 0.277 e. The Morgan fingerprint density at radius 3 is 2.52 bits per heavy atom. The quantitative estimate of drug-likeness (QED) is 0.791. The number of hydrogen-bond donors (Lipinski definition) is 1. The van der Waals surface area contributed by atoms with E-state index >= 15 is 0 Å². The number of anilines is 1. The molecule has 5 nitrogen and oxygen atoms in total. The first-order chi connectivity index (χ1) is 10.3. The first-order valence-electron chi connectivity index (χ1n) is 6.36. The molecule has 0 atom stereocenters. The van der Waals surface area contributed by atoms with Gasteiger partial charge in [-0.25, -0.2) is 0 Å². The first-order valence-corrected chi connectivity index (χ1v) is 6.36. The van der Waals surface area contributed by atoms with E-state index in [-0.39, 0.29) is 11.6 Å². The molecule has 104 valence electrons. The Bertz CT molecular complexity index is 724. The van der Waals surface area contributed by atoms with Crippen LogP contribution in [0.3, 0.4) is 0 Å². The van der Waals surface area contributed by atoms with Gasteiger partial charge in [0.15, 0.2) is 11.4 Å². The normalized spacial score (nSPS) is 10.1. The summed E-state index contributed by atoms with van der Waals surface area (Å²) >= 11 is 0.